The molecule has 2 nitrogen and oxygen atoms in total. The van der Waals surface area contributed by atoms with Crippen molar-refractivity contribution in [3.63, 3.8) is 0 Å². The Morgan fingerprint density at radius 2 is 2.12 bits per heavy atom. The first-order valence-electron chi connectivity index (χ1n) is 5.01. The lowest BCUT2D eigenvalue weighted by molar-refractivity contribution is 0.462. The first-order chi connectivity index (χ1) is 8.06. The smallest absolute Gasteiger partial charge is 0.193 e. The highest BCUT2D eigenvalue weighted by molar-refractivity contribution is 9.10. The molecule has 1 aromatic heterocycles. The Balaban J connectivity index is 2.15. The maximum absolute atomic E-state index is 13.6. The molecule has 1 atom stereocenters. The van der Waals surface area contributed by atoms with Gasteiger partial charge in [-0.3, -0.25) is 0 Å². The van der Waals surface area contributed by atoms with Crippen LogP contribution in [-0.4, -0.2) is 0 Å². The monoisotopic (exact) mass is 317 g/mol. The molecule has 0 saturated heterocycles. The van der Waals surface area contributed by atoms with Gasteiger partial charge in [0.25, 0.3) is 0 Å². The maximum atomic E-state index is 13.6. The van der Waals surface area contributed by atoms with Gasteiger partial charge in [0.15, 0.2) is 5.22 Å². The van der Waals surface area contributed by atoms with Crippen molar-refractivity contribution in [3.05, 3.63) is 57.2 Å². The molecule has 2 aromatic rings. The summed E-state index contributed by atoms with van der Waals surface area (Å²) in [6, 6.07) is 7.80. The Morgan fingerprint density at radius 1 is 1.35 bits per heavy atom. The number of halogens is 3. The average Bonchev–Trinajstić information content (AvgIpc) is 2.69. The van der Waals surface area contributed by atoms with E-state index in [1.54, 1.807) is 24.3 Å². The van der Waals surface area contributed by atoms with Crippen LogP contribution in [0.5, 0.6) is 0 Å². The zero-order valence-corrected chi connectivity index (χ0v) is 11.1. The summed E-state index contributed by atoms with van der Waals surface area (Å²) >= 11 is 8.86. The van der Waals surface area contributed by atoms with Crippen molar-refractivity contribution in [3.8, 4) is 0 Å². The molecule has 0 aliphatic heterocycles. The fourth-order valence-corrected chi connectivity index (χ4v) is 2.04. The molecule has 0 fully saturated rings. The minimum absolute atomic E-state index is 0.284. The normalized spacial score (nSPS) is 12.7. The van der Waals surface area contributed by atoms with Gasteiger partial charge in [-0.1, -0.05) is 22.0 Å². The Labute approximate surface area is 112 Å². The van der Waals surface area contributed by atoms with Crippen molar-refractivity contribution >= 4 is 27.5 Å². The van der Waals surface area contributed by atoms with E-state index in [9.17, 15) is 4.39 Å². The van der Waals surface area contributed by atoms with Gasteiger partial charge in [0, 0.05) is 4.47 Å². The molecular formula is C12H10BrClFNO. The SMILES string of the molecule is NC(Cc1ccc(Br)cc1F)c1ccc(Cl)o1. The lowest BCUT2D eigenvalue weighted by Gasteiger charge is -2.09. The van der Waals surface area contributed by atoms with Crippen LogP contribution in [0.15, 0.2) is 39.2 Å². The van der Waals surface area contributed by atoms with E-state index >= 15 is 0 Å². The molecule has 0 aliphatic carbocycles. The van der Waals surface area contributed by atoms with E-state index in [0.29, 0.717) is 22.2 Å². The van der Waals surface area contributed by atoms with E-state index in [-0.39, 0.29) is 11.0 Å². The molecule has 0 aliphatic rings. The summed E-state index contributed by atoms with van der Waals surface area (Å²) in [5, 5.41) is 0.284. The quantitative estimate of drug-likeness (QED) is 0.926. The number of hydrogen-bond donors (Lipinski definition) is 1. The van der Waals surface area contributed by atoms with E-state index < -0.39 is 6.04 Å². The van der Waals surface area contributed by atoms with E-state index in [0.717, 1.165) is 0 Å². The van der Waals surface area contributed by atoms with Crippen LogP contribution in [0.25, 0.3) is 0 Å². The van der Waals surface area contributed by atoms with Crippen LogP contribution >= 0.6 is 27.5 Å². The molecule has 0 bridgehead atoms. The van der Waals surface area contributed by atoms with Crippen LogP contribution in [0.4, 0.5) is 4.39 Å². The molecule has 0 amide bonds. The third-order valence-electron chi connectivity index (χ3n) is 2.41. The minimum atomic E-state index is -0.404. The molecule has 1 unspecified atom stereocenters. The highest BCUT2D eigenvalue weighted by Crippen LogP contribution is 2.23. The molecule has 0 radical (unpaired) electrons. The Hall–Kier alpha value is -0.840. The van der Waals surface area contributed by atoms with Gasteiger partial charge in [0.1, 0.15) is 11.6 Å². The second-order valence-electron chi connectivity index (χ2n) is 3.69. The minimum Gasteiger partial charge on any atom is -0.448 e. The number of furan rings is 1. The number of nitrogens with two attached hydrogens (primary N) is 1. The van der Waals surface area contributed by atoms with Crippen LogP contribution in [0.1, 0.15) is 17.4 Å². The summed E-state index contributed by atoms with van der Waals surface area (Å²) in [6.45, 7) is 0. The van der Waals surface area contributed by atoms with Gasteiger partial charge in [-0.15, -0.1) is 0 Å². The highest BCUT2D eigenvalue weighted by atomic mass is 79.9. The molecule has 2 N–H and O–H groups in total. The first-order valence-corrected chi connectivity index (χ1v) is 6.18. The third-order valence-corrected chi connectivity index (χ3v) is 3.11. The summed E-state index contributed by atoms with van der Waals surface area (Å²) in [7, 11) is 0. The second-order valence-corrected chi connectivity index (χ2v) is 4.98. The van der Waals surface area contributed by atoms with Gasteiger partial charge in [0.2, 0.25) is 0 Å². The van der Waals surface area contributed by atoms with Crippen molar-refractivity contribution in [1.29, 1.82) is 0 Å². The molecule has 90 valence electrons. The van der Waals surface area contributed by atoms with Crippen molar-refractivity contribution in [2.24, 2.45) is 5.73 Å². The number of rotatable bonds is 3. The average molecular weight is 319 g/mol. The molecule has 1 aromatic carbocycles. The largest absolute Gasteiger partial charge is 0.448 e. The van der Waals surface area contributed by atoms with E-state index in [1.807, 2.05) is 0 Å². The lowest BCUT2D eigenvalue weighted by atomic mass is 10.0. The summed E-state index contributed by atoms with van der Waals surface area (Å²) in [6.07, 6.45) is 0.364. The van der Waals surface area contributed by atoms with Crippen molar-refractivity contribution < 1.29 is 8.81 Å². The zero-order chi connectivity index (χ0) is 12.4. The molecule has 1 heterocycles. The van der Waals surface area contributed by atoms with E-state index in [4.69, 9.17) is 21.8 Å². The number of hydrogen-bond acceptors (Lipinski definition) is 2. The fraction of sp³-hybridized carbons (Fsp3) is 0.167. The van der Waals surface area contributed by atoms with Crippen molar-refractivity contribution in [2.45, 2.75) is 12.5 Å². The summed E-state index contributed by atoms with van der Waals surface area (Å²) < 4.78 is 19.5. The third kappa shape index (κ3) is 3.09. The van der Waals surface area contributed by atoms with Gasteiger partial charge < -0.3 is 10.2 Å². The van der Waals surface area contributed by atoms with Crippen LogP contribution < -0.4 is 5.73 Å². The fourth-order valence-electron chi connectivity index (χ4n) is 1.55. The van der Waals surface area contributed by atoms with Crippen molar-refractivity contribution in [1.82, 2.24) is 0 Å². The molecule has 2 rings (SSSR count). The van der Waals surface area contributed by atoms with Crippen LogP contribution in [0.2, 0.25) is 5.22 Å². The van der Waals surface area contributed by atoms with Gasteiger partial charge >= 0.3 is 0 Å². The van der Waals surface area contributed by atoms with Crippen LogP contribution in [0.3, 0.4) is 0 Å². The lowest BCUT2D eigenvalue weighted by Crippen LogP contribution is -2.13. The molecule has 5 heteroatoms. The first kappa shape index (κ1) is 12.6. The zero-order valence-electron chi connectivity index (χ0n) is 8.79. The molecule has 0 spiro atoms. The Morgan fingerprint density at radius 3 is 2.71 bits per heavy atom. The van der Waals surface area contributed by atoms with Gasteiger partial charge in [0.05, 0.1) is 6.04 Å². The highest BCUT2D eigenvalue weighted by Gasteiger charge is 2.13. The van der Waals surface area contributed by atoms with Crippen molar-refractivity contribution in [2.75, 3.05) is 0 Å². The van der Waals surface area contributed by atoms with Crippen LogP contribution in [-0.2, 0) is 6.42 Å². The molecule has 17 heavy (non-hydrogen) atoms. The maximum Gasteiger partial charge on any atom is 0.193 e. The number of benzene rings is 1. The summed E-state index contributed by atoms with van der Waals surface area (Å²) in [4.78, 5) is 0. The molecular weight excluding hydrogens is 308 g/mol. The van der Waals surface area contributed by atoms with Gasteiger partial charge in [-0.2, -0.15) is 0 Å². The standard InChI is InChI=1S/C12H10BrClFNO/c13-8-2-1-7(9(15)6-8)5-10(16)11-3-4-12(14)17-11/h1-4,6,10H,5,16H2. The Kier molecular flexibility index (Phi) is 3.86. The van der Waals surface area contributed by atoms with Gasteiger partial charge in [-0.25, -0.2) is 4.39 Å². The predicted octanol–water partition coefficient (Wildman–Crippen LogP) is 4.08. The van der Waals surface area contributed by atoms with E-state index in [1.165, 1.54) is 6.07 Å². The Bertz CT molecular complexity index is 529. The summed E-state index contributed by atoms with van der Waals surface area (Å²) in [5.41, 5.74) is 6.47. The van der Waals surface area contributed by atoms with E-state index in [2.05, 4.69) is 15.9 Å². The van der Waals surface area contributed by atoms with Crippen LogP contribution in [0, 0.1) is 5.82 Å². The molecule has 0 saturated carbocycles. The topological polar surface area (TPSA) is 39.2 Å². The predicted molar refractivity (Wildman–Crippen MR) is 68.5 cm³/mol. The summed E-state index contributed by atoms with van der Waals surface area (Å²) in [5.74, 6) is 0.268. The second kappa shape index (κ2) is 5.21. The van der Waals surface area contributed by atoms with Gasteiger partial charge in [-0.05, 0) is 47.9 Å².